The first-order valence-corrected chi connectivity index (χ1v) is 11.4. The fraction of sp³-hybridized carbons (Fsp3) is 0.955. The smallest absolute Gasteiger partial charge is 0.324 e. The van der Waals surface area contributed by atoms with Crippen molar-refractivity contribution < 1.29 is 9.90 Å². The topological polar surface area (TPSA) is 37.3 Å². The lowest BCUT2D eigenvalue weighted by Crippen LogP contribution is -2.45. The van der Waals surface area contributed by atoms with Gasteiger partial charge >= 0.3 is 5.97 Å². The van der Waals surface area contributed by atoms with Crippen molar-refractivity contribution in [3.63, 3.8) is 0 Å². The molecule has 2 saturated carbocycles. The normalized spacial score (nSPS) is 30.0. The summed E-state index contributed by atoms with van der Waals surface area (Å²) >= 11 is 6.05. The summed E-state index contributed by atoms with van der Waals surface area (Å²) in [6.07, 6.45) is 23.8. The fourth-order valence-corrected chi connectivity index (χ4v) is 5.25. The number of carboxylic acid groups (broad SMARTS) is 1. The summed E-state index contributed by atoms with van der Waals surface area (Å²) < 4.78 is 0. The van der Waals surface area contributed by atoms with Crippen LogP contribution >= 0.6 is 11.6 Å². The van der Waals surface area contributed by atoms with Crippen molar-refractivity contribution in [2.24, 2.45) is 11.8 Å². The molecule has 1 N–H and O–H groups in total. The fourth-order valence-electron chi connectivity index (χ4n) is 4.81. The molecule has 25 heavy (non-hydrogen) atoms. The van der Waals surface area contributed by atoms with Crippen LogP contribution in [0, 0.1) is 11.8 Å². The maximum atomic E-state index is 11.0. The first kappa shape index (κ1) is 21.1. The average molecular weight is 371 g/mol. The van der Waals surface area contributed by atoms with E-state index in [2.05, 4.69) is 0 Å². The third kappa shape index (κ3) is 7.89. The number of hydrogen-bond acceptors (Lipinski definition) is 1. The zero-order valence-corrected chi connectivity index (χ0v) is 16.9. The van der Waals surface area contributed by atoms with Crippen LogP contribution < -0.4 is 0 Å². The van der Waals surface area contributed by atoms with Crippen molar-refractivity contribution in [3.8, 4) is 0 Å². The second-order valence-corrected chi connectivity index (χ2v) is 9.53. The van der Waals surface area contributed by atoms with Crippen LogP contribution in [0.25, 0.3) is 0 Å². The van der Waals surface area contributed by atoms with Crippen molar-refractivity contribution >= 4 is 17.6 Å². The third-order valence-corrected chi connectivity index (χ3v) is 7.03. The summed E-state index contributed by atoms with van der Waals surface area (Å²) in [4.78, 5) is 10.1. The van der Waals surface area contributed by atoms with E-state index < -0.39 is 10.8 Å². The Balaban J connectivity index is 1.52. The Bertz CT molecular complexity index is 364. The van der Waals surface area contributed by atoms with E-state index in [4.69, 9.17) is 16.7 Å². The van der Waals surface area contributed by atoms with Gasteiger partial charge in [-0.2, -0.15) is 0 Å². The molecule has 0 spiro atoms. The molecule has 2 rings (SSSR count). The quantitative estimate of drug-likeness (QED) is 0.376. The molecule has 2 fully saturated rings. The largest absolute Gasteiger partial charge is 0.480 e. The SMILES string of the molecule is O=C(O)C1(Cl)CC(CCCCCC2CCCCCCCCCCC2)C1. The number of halogens is 1. The van der Waals surface area contributed by atoms with Gasteiger partial charge in [-0.15, -0.1) is 11.6 Å². The molecule has 0 bridgehead atoms. The molecule has 0 heterocycles. The van der Waals surface area contributed by atoms with Crippen LogP contribution in [0.1, 0.15) is 116 Å². The predicted molar refractivity (Wildman–Crippen MR) is 106 cm³/mol. The molecule has 0 aromatic rings. The minimum Gasteiger partial charge on any atom is -0.480 e. The van der Waals surface area contributed by atoms with E-state index in [9.17, 15) is 4.79 Å². The Kier molecular flexibility index (Phi) is 9.66. The van der Waals surface area contributed by atoms with Gasteiger partial charge in [-0.1, -0.05) is 103 Å². The number of carboxylic acids is 1. The minimum absolute atomic E-state index is 0.551. The molecule has 0 amide bonds. The third-order valence-electron chi connectivity index (χ3n) is 6.56. The molecule has 0 atom stereocenters. The number of unbranched alkanes of at least 4 members (excludes halogenated alkanes) is 2. The van der Waals surface area contributed by atoms with E-state index in [-0.39, 0.29) is 0 Å². The number of alkyl halides is 1. The van der Waals surface area contributed by atoms with Crippen molar-refractivity contribution in [1.29, 1.82) is 0 Å². The highest BCUT2D eigenvalue weighted by molar-refractivity contribution is 6.34. The Morgan fingerprint density at radius 1 is 0.760 bits per heavy atom. The van der Waals surface area contributed by atoms with Gasteiger partial charge in [0.05, 0.1) is 0 Å². The molecule has 0 unspecified atom stereocenters. The van der Waals surface area contributed by atoms with Crippen LogP contribution in [0.3, 0.4) is 0 Å². The van der Waals surface area contributed by atoms with Crippen LogP contribution in [-0.4, -0.2) is 16.0 Å². The van der Waals surface area contributed by atoms with Gasteiger partial charge in [0, 0.05) is 0 Å². The molecule has 146 valence electrons. The second-order valence-electron chi connectivity index (χ2n) is 8.81. The van der Waals surface area contributed by atoms with Crippen LogP contribution in [0.5, 0.6) is 0 Å². The molecular formula is C22H39ClO2. The Morgan fingerprint density at radius 2 is 1.20 bits per heavy atom. The highest BCUT2D eigenvalue weighted by atomic mass is 35.5. The van der Waals surface area contributed by atoms with Gasteiger partial charge in [-0.05, 0) is 24.7 Å². The summed E-state index contributed by atoms with van der Waals surface area (Å²) in [6.45, 7) is 0. The molecule has 0 aromatic heterocycles. The number of carbonyl (C=O) groups is 1. The summed E-state index contributed by atoms with van der Waals surface area (Å²) in [5.74, 6) is 0.688. The van der Waals surface area contributed by atoms with E-state index in [0.717, 1.165) is 5.92 Å². The van der Waals surface area contributed by atoms with E-state index in [1.807, 2.05) is 0 Å². The molecule has 0 radical (unpaired) electrons. The van der Waals surface area contributed by atoms with Crippen LogP contribution in [0.2, 0.25) is 0 Å². The average Bonchev–Trinajstić information content (AvgIpc) is 2.54. The molecular weight excluding hydrogens is 332 g/mol. The zero-order valence-electron chi connectivity index (χ0n) is 16.1. The van der Waals surface area contributed by atoms with Gasteiger partial charge < -0.3 is 5.11 Å². The van der Waals surface area contributed by atoms with Gasteiger partial charge in [0.2, 0.25) is 0 Å². The van der Waals surface area contributed by atoms with Crippen LogP contribution in [-0.2, 0) is 4.79 Å². The van der Waals surface area contributed by atoms with Gasteiger partial charge in [0.15, 0.2) is 0 Å². The van der Waals surface area contributed by atoms with Crippen molar-refractivity contribution in [3.05, 3.63) is 0 Å². The van der Waals surface area contributed by atoms with Gasteiger partial charge in [-0.25, -0.2) is 0 Å². The first-order chi connectivity index (χ1) is 12.1. The molecule has 0 aromatic carbocycles. The van der Waals surface area contributed by atoms with E-state index in [1.165, 1.54) is 103 Å². The van der Waals surface area contributed by atoms with Crippen molar-refractivity contribution in [1.82, 2.24) is 0 Å². The molecule has 2 nitrogen and oxygen atoms in total. The van der Waals surface area contributed by atoms with Crippen LogP contribution in [0.15, 0.2) is 0 Å². The minimum atomic E-state index is -0.932. The monoisotopic (exact) mass is 370 g/mol. The maximum absolute atomic E-state index is 11.0. The summed E-state index contributed by atoms with van der Waals surface area (Å²) in [6, 6.07) is 0. The lowest BCUT2D eigenvalue weighted by atomic mass is 9.72. The van der Waals surface area contributed by atoms with Crippen molar-refractivity contribution in [2.45, 2.75) is 120 Å². The van der Waals surface area contributed by atoms with Gasteiger partial charge in [-0.3, -0.25) is 4.79 Å². The Hall–Kier alpha value is -0.240. The molecule has 0 aliphatic heterocycles. The standard InChI is InChI=1S/C22H39ClO2/c23-22(21(24)25)17-20(18-22)16-12-8-11-15-19-13-9-6-4-2-1-3-5-7-10-14-19/h19-20H,1-18H2,(H,24,25). The van der Waals surface area contributed by atoms with Crippen molar-refractivity contribution in [2.75, 3.05) is 0 Å². The van der Waals surface area contributed by atoms with E-state index in [0.29, 0.717) is 18.8 Å². The number of hydrogen-bond donors (Lipinski definition) is 1. The number of rotatable bonds is 7. The van der Waals surface area contributed by atoms with Gasteiger partial charge in [0.1, 0.15) is 4.87 Å². The molecule has 2 aliphatic rings. The second kappa shape index (κ2) is 11.5. The molecule has 3 heteroatoms. The molecule has 2 aliphatic carbocycles. The first-order valence-electron chi connectivity index (χ1n) is 11.0. The maximum Gasteiger partial charge on any atom is 0.324 e. The Labute approximate surface area is 160 Å². The summed E-state index contributed by atoms with van der Waals surface area (Å²) in [7, 11) is 0. The van der Waals surface area contributed by atoms with E-state index in [1.54, 1.807) is 0 Å². The van der Waals surface area contributed by atoms with E-state index >= 15 is 0 Å². The van der Waals surface area contributed by atoms with Crippen LogP contribution in [0.4, 0.5) is 0 Å². The summed E-state index contributed by atoms with van der Waals surface area (Å²) in [5.41, 5.74) is 0. The lowest BCUT2D eigenvalue weighted by Gasteiger charge is -2.39. The molecule has 0 saturated heterocycles. The van der Waals surface area contributed by atoms with Gasteiger partial charge in [0.25, 0.3) is 0 Å². The Morgan fingerprint density at radius 3 is 1.68 bits per heavy atom. The summed E-state index contributed by atoms with van der Waals surface area (Å²) in [5, 5.41) is 9.05. The number of aliphatic carboxylic acids is 1. The lowest BCUT2D eigenvalue weighted by molar-refractivity contribution is -0.144. The highest BCUT2D eigenvalue weighted by Crippen LogP contribution is 2.45. The predicted octanol–water partition coefficient (Wildman–Crippen LogP) is 7.33. The highest BCUT2D eigenvalue weighted by Gasteiger charge is 2.48. The zero-order chi connectivity index (χ0) is 18.0.